The lowest BCUT2D eigenvalue weighted by Gasteiger charge is -2.20. The van der Waals surface area contributed by atoms with Crippen LogP contribution in [0.15, 0.2) is 46.3 Å². The van der Waals surface area contributed by atoms with E-state index in [1.54, 1.807) is 24.3 Å². The van der Waals surface area contributed by atoms with Gasteiger partial charge in [0, 0.05) is 37.1 Å². The Morgan fingerprint density at radius 1 is 1.00 bits per heavy atom. The average Bonchev–Trinajstić information content (AvgIpc) is 2.86. The fraction of sp³-hybridized carbons (Fsp3) is 0.391. The first-order valence-electron chi connectivity index (χ1n) is 11.6. The predicted octanol–water partition coefficient (Wildman–Crippen LogP) is -2.32. The summed E-state index contributed by atoms with van der Waals surface area (Å²) in [6.45, 7) is -1.30. The van der Waals surface area contributed by atoms with Crippen LogP contribution in [-0.4, -0.2) is 83.1 Å². The number of carbonyl (C=O) groups excluding carboxylic acids is 3. The topological polar surface area (TPSA) is 235 Å². The molecule has 0 aromatic heterocycles. The van der Waals surface area contributed by atoms with Crippen LogP contribution in [0.1, 0.15) is 12.8 Å². The highest BCUT2D eigenvalue weighted by atomic mass is 32.2. The van der Waals surface area contributed by atoms with Crippen molar-refractivity contribution in [1.82, 2.24) is 15.4 Å². The first-order chi connectivity index (χ1) is 17.9. The van der Waals surface area contributed by atoms with Crippen LogP contribution in [0.4, 0.5) is 5.69 Å². The number of nitrogens with two attached hydrogens (primary N) is 3. The average molecular weight is 551 g/mol. The van der Waals surface area contributed by atoms with Gasteiger partial charge < -0.3 is 37.8 Å². The molecule has 2 atom stereocenters. The monoisotopic (exact) mass is 550 g/mol. The number of rotatable bonds is 14. The summed E-state index contributed by atoms with van der Waals surface area (Å²) in [5, 5.41) is 15.4. The van der Waals surface area contributed by atoms with Gasteiger partial charge >= 0.3 is 0 Å². The number of primary amides is 1. The van der Waals surface area contributed by atoms with Gasteiger partial charge in [-0.3, -0.25) is 19.4 Å². The standard InChI is InChI=1S/C23H34N8O6S/c1-31(2)18-9-3-7-15-14(18)6-4-10-19(15)38(36,37)28-12-20(33)29-17(13-32)22(35)30-16(21(24)34)8-5-11-27-23(25)26/h3-4,6-7,9-10,16-17,28,32H,5,8,11-13H2,1-2H3,(H2,24,34)(H,29,33)(H,30,35)(H4,25,26,27)/t16-,17-/m0/s1. The van der Waals surface area contributed by atoms with Crippen molar-refractivity contribution >= 4 is 50.2 Å². The van der Waals surface area contributed by atoms with Crippen LogP contribution in [-0.2, 0) is 24.4 Å². The number of benzene rings is 2. The first-order valence-corrected chi connectivity index (χ1v) is 13.1. The zero-order valence-corrected chi connectivity index (χ0v) is 22.0. The SMILES string of the molecule is CN(C)c1cccc2c(S(=O)(=O)NCC(=O)N[C@@H](CO)C(=O)N[C@@H](CCCN=C(N)N)C(N)=O)cccc12. The number of aliphatic hydroxyl groups is 1. The van der Waals surface area contributed by atoms with Gasteiger partial charge in [-0.15, -0.1) is 0 Å². The number of sulfonamides is 1. The number of nitrogens with zero attached hydrogens (tertiary/aromatic N) is 2. The van der Waals surface area contributed by atoms with Crippen molar-refractivity contribution in [3.63, 3.8) is 0 Å². The summed E-state index contributed by atoms with van der Waals surface area (Å²) in [6, 6.07) is 7.51. The Hall–Kier alpha value is -3.95. The maximum absolute atomic E-state index is 13.0. The number of nitrogens with one attached hydrogen (secondary N) is 3. The molecule has 15 heteroatoms. The molecule has 10 N–H and O–H groups in total. The number of carbonyl (C=O) groups is 3. The van der Waals surface area contributed by atoms with Crippen LogP contribution in [0.25, 0.3) is 10.8 Å². The van der Waals surface area contributed by atoms with Crippen LogP contribution < -0.4 is 37.5 Å². The third-order valence-electron chi connectivity index (χ3n) is 5.49. The molecule has 0 aliphatic rings. The van der Waals surface area contributed by atoms with Gasteiger partial charge in [-0.25, -0.2) is 13.1 Å². The number of anilines is 1. The van der Waals surface area contributed by atoms with E-state index >= 15 is 0 Å². The maximum atomic E-state index is 13.0. The number of fused-ring (bicyclic) bond motifs is 1. The minimum Gasteiger partial charge on any atom is -0.394 e. The fourth-order valence-electron chi connectivity index (χ4n) is 3.63. The summed E-state index contributed by atoms with van der Waals surface area (Å²) in [5.74, 6) is -2.70. The third kappa shape index (κ3) is 8.29. The fourth-order valence-corrected chi connectivity index (χ4v) is 4.83. The summed E-state index contributed by atoms with van der Waals surface area (Å²) in [5.41, 5.74) is 16.6. The molecule has 2 aromatic rings. The first kappa shape index (κ1) is 30.3. The van der Waals surface area contributed by atoms with E-state index in [1.807, 2.05) is 25.1 Å². The van der Waals surface area contributed by atoms with Gasteiger partial charge in [0.15, 0.2) is 5.96 Å². The van der Waals surface area contributed by atoms with E-state index in [0.717, 1.165) is 5.69 Å². The van der Waals surface area contributed by atoms with E-state index < -0.39 is 53.0 Å². The lowest BCUT2D eigenvalue weighted by Crippen LogP contribution is -2.55. The molecule has 0 heterocycles. The molecule has 2 rings (SSSR count). The maximum Gasteiger partial charge on any atom is 0.245 e. The van der Waals surface area contributed by atoms with E-state index in [4.69, 9.17) is 17.2 Å². The number of guanidine groups is 1. The summed E-state index contributed by atoms with van der Waals surface area (Å²) >= 11 is 0. The van der Waals surface area contributed by atoms with Gasteiger partial charge in [-0.2, -0.15) is 0 Å². The predicted molar refractivity (Wildman–Crippen MR) is 144 cm³/mol. The molecule has 0 aliphatic carbocycles. The molecule has 0 radical (unpaired) electrons. The molecule has 0 saturated heterocycles. The molecule has 0 bridgehead atoms. The Morgan fingerprint density at radius 3 is 2.26 bits per heavy atom. The van der Waals surface area contributed by atoms with E-state index in [9.17, 15) is 27.9 Å². The van der Waals surface area contributed by atoms with Crippen LogP contribution in [0.5, 0.6) is 0 Å². The summed E-state index contributed by atoms with van der Waals surface area (Å²) in [4.78, 5) is 42.2. The molecule has 0 saturated carbocycles. The molecule has 14 nitrogen and oxygen atoms in total. The van der Waals surface area contributed by atoms with Crippen molar-refractivity contribution in [2.75, 3.05) is 38.7 Å². The molecule has 208 valence electrons. The molecular formula is C23H34N8O6S. The van der Waals surface area contributed by atoms with Gasteiger partial charge in [0.1, 0.15) is 12.1 Å². The van der Waals surface area contributed by atoms with E-state index in [2.05, 4.69) is 20.3 Å². The second kappa shape index (κ2) is 13.6. The Morgan fingerprint density at radius 2 is 1.66 bits per heavy atom. The highest BCUT2D eigenvalue weighted by Gasteiger charge is 2.26. The molecule has 0 fully saturated rings. The van der Waals surface area contributed by atoms with Crippen molar-refractivity contribution in [2.24, 2.45) is 22.2 Å². The molecule has 3 amide bonds. The van der Waals surface area contributed by atoms with Crippen LogP contribution in [0.3, 0.4) is 0 Å². The van der Waals surface area contributed by atoms with E-state index in [-0.39, 0.29) is 23.8 Å². The van der Waals surface area contributed by atoms with Gasteiger partial charge in [0.2, 0.25) is 27.7 Å². The summed E-state index contributed by atoms with van der Waals surface area (Å²) in [7, 11) is -0.443. The molecule has 0 aliphatic heterocycles. The number of hydrogen-bond acceptors (Lipinski definition) is 8. The van der Waals surface area contributed by atoms with E-state index in [1.165, 1.54) is 6.07 Å². The number of aliphatic hydroxyl groups excluding tert-OH is 1. The van der Waals surface area contributed by atoms with E-state index in [0.29, 0.717) is 17.2 Å². The normalized spacial score (nSPS) is 12.8. The van der Waals surface area contributed by atoms with Gasteiger partial charge in [-0.1, -0.05) is 24.3 Å². The lowest BCUT2D eigenvalue weighted by atomic mass is 10.1. The number of aliphatic imine (C=N–C) groups is 1. The van der Waals surface area contributed by atoms with Crippen LogP contribution in [0.2, 0.25) is 0 Å². The minimum atomic E-state index is -4.12. The number of hydrogen-bond donors (Lipinski definition) is 7. The van der Waals surface area contributed by atoms with Gasteiger partial charge in [0.25, 0.3) is 0 Å². The highest BCUT2D eigenvalue weighted by molar-refractivity contribution is 7.89. The molecule has 0 spiro atoms. The van der Waals surface area contributed by atoms with Crippen molar-refractivity contribution in [3.8, 4) is 0 Å². The largest absolute Gasteiger partial charge is 0.394 e. The second-order valence-electron chi connectivity index (χ2n) is 8.56. The smallest absolute Gasteiger partial charge is 0.245 e. The molecule has 2 aromatic carbocycles. The summed E-state index contributed by atoms with van der Waals surface area (Å²) in [6.07, 6.45) is 0.443. The van der Waals surface area contributed by atoms with Crippen molar-refractivity contribution in [3.05, 3.63) is 36.4 Å². The van der Waals surface area contributed by atoms with Gasteiger partial charge in [0.05, 0.1) is 18.0 Å². The van der Waals surface area contributed by atoms with Crippen molar-refractivity contribution in [1.29, 1.82) is 0 Å². The Balaban J connectivity index is 2.04. The highest BCUT2D eigenvalue weighted by Crippen LogP contribution is 2.30. The summed E-state index contributed by atoms with van der Waals surface area (Å²) < 4.78 is 28.2. The zero-order valence-electron chi connectivity index (χ0n) is 21.2. The second-order valence-corrected chi connectivity index (χ2v) is 10.3. The number of amides is 3. The van der Waals surface area contributed by atoms with Crippen LogP contribution in [0, 0.1) is 0 Å². The minimum absolute atomic E-state index is 0.0204. The Labute approximate surface area is 220 Å². The zero-order chi connectivity index (χ0) is 28.5. The van der Waals surface area contributed by atoms with Gasteiger partial charge in [-0.05, 0) is 25.0 Å². The Bertz CT molecular complexity index is 1290. The lowest BCUT2D eigenvalue weighted by molar-refractivity contribution is -0.132. The third-order valence-corrected chi connectivity index (χ3v) is 6.95. The molecule has 38 heavy (non-hydrogen) atoms. The quantitative estimate of drug-likeness (QED) is 0.0758. The molecule has 0 unspecified atom stereocenters. The van der Waals surface area contributed by atoms with Crippen molar-refractivity contribution in [2.45, 2.75) is 29.8 Å². The Kier molecular flexibility index (Phi) is 10.8. The van der Waals surface area contributed by atoms with Crippen LogP contribution >= 0.6 is 0 Å². The molecular weight excluding hydrogens is 516 g/mol. The van der Waals surface area contributed by atoms with Crippen molar-refractivity contribution < 1.29 is 27.9 Å².